The van der Waals surface area contributed by atoms with Crippen molar-refractivity contribution >= 4 is 22.7 Å². The lowest BCUT2D eigenvalue weighted by Crippen LogP contribution is -2.46. The molecule has 2 aromatic carbocycles. The molecule has 0 spiro atoms. The van der Waals surface area contributed by atoms with Crippen molar-refractivity contribution in [3.63, 3.8) is 0 Å². The van der Waals surface area contributed by atoms with E-state index in [0.29, 0.717) is 6.61 Å². The molecular formula is C24H28N4O2S. The molecule has 2 unspecified atom stereocenters. The minimum absolute atomic E-state index is 0.266. The second kappa shape index (κ2) is 10.5. The number of ether oxygens (including phenoxy) is 2. The van der Waals surface area contributed by atoms with Gasteiger partial charge in [0.05, 0.1) is 24.1 Å². The molecule has 0 saturated carbocycles. The van der Waals surface area contributed by atoms with Crippen LogP contribution < -0.4 is 10.2 Å². The third kappa shape index (κ3) is 6.13. The number of para-hydroxylation sites is 1. The van der Waals surface area contributed by atoms with E-state index in [-0.39, 0.29) is 12.2 Å². The lowest BCUT2D eigenvalue weighted by atomic mass is 10.2. The number of hydrogen-bond acceptors (Lipinski definition) is 7. The van der Waals surface area contributed by atoms with Gasteiger partial charge >= 0.3 is 0 Å². The third-order valence-corrected chi connectivity index (χ3v) is 5.76. The zero-order chi connectivity index (χ0) is 21.5. The van der Waals surface area contributed by atoms with Gasteiger partial charge in [-0.2, -0.15) is 5.10 Å². The van der Waals surface area contributed by atoms with Crippen LogP contribution in [0.2, 0.25) is 0 Å². The average molecular weight is 437 g/mol. The van der Waals surface area contributed by atoms with E-state index < -0.39 is 0 Å². The summed E-state index contributed by atoms with van der Waals surface area (Å²) in [5.41, 5.74) is 6.00. The lowest BCUT2D eigenvalue weighted by molar-refractivity contribution is -0.0699. The lowest BCUT2D eigenvalue weighted by Gasteiger charge is -2.35. The van der Waals surface area contributed by atoms with Gasteiger partial charge < -0.3 is 9.47 Å². The minimum atomic E-state index is 0.266. The van der Waals surface area contributed by atoms with Gasteiger partial charge in [0, 0.05) is 36.1 Å². The molecule has 2 heterocycles. The van der Waals surface area contributed by atoms with Crippen LogP contribution in [0.3, 0.4) is 0 Å². The smallest absolute Gasteiger partial charge is 0.203 e. The first-order valence-corrected chi connectivity index (χ1v) is 11.4. The quantitative estimate of drug-likeness (QED) is 0.408. The van der Waals surface area contributed by atoms with Gasteiger partial charge in [0.1, 0.15) is 12.4 Å². The van der Waals surface area contributed by atoms with Crippen molar-refractivity contribution in [2.45, 2.75) is 26.1 Å². The molecule has 1 saturated heterocycles. The molecule has 1 aliphatic rings. The summed E-state index contributed by atoms with van der Waals surface area (Å²) in [6.07, 6.45) is 2.31. The van der Waals surface area contributed by atoms with E-state index in [4.69, 9.17) is 9.47 Å². The fraction of sp³-hybridized carbons (Fsp3) is 0.333. The molecular weight excluding hydrogens is 408 g/mol. The Morgan fingerprint density at radius 1 is 1.13 bits per heavy atom. The summed E-state index contributed by atoms with van der Waals surface area (Å²) >= 11 is 1.53. The van der Waals surface area contributed by atoms with Crippen LogP contribution in [0.15, 0.2) is 65.1 Å². The molecule has 2 atom stereocenters. The monoisotopic (exact) mass is 436 g/mol. The highest BCUT2D eigenvalue weighted by atomic mass is 32.1. The zero-order valence-corrected chi connectivity index (χ0v) is 18.7. The standard InChI is InChI=1S/C24H28N4O2S/c1-18-15-28(16-19(2)30-18)12-13-29-23-11-7-6-10-21(23)14-25-27-24-26-22(17-31-24)20-8-4-3-5-9-20/h3-11,14,17-19H,12-13,15-16H2,1-2H3,(H,26,27). The molecule has 31 heavy (non-hydrogen) atoms. The second-order valence-corrected chi connectivity index (χ2v) is 8.54. The number of hydrazone groups is 1. The molecule has 1 aliphatic heterocycles. The normalized spacial score (nSPS) is 19.5. The number of nitrogens with one attached hydrogen (secondary N) is 1. The maximum Gasteiger partial charge on any atom is 0.203 e. The highest BCUT2D eigenvalue weighted by Crippen LogP contribution is 2.24. The van der Waals surface area contributed by atoms with Gasteiger partial charge in [0.2, 0.25) is 5.13 Å². The van der Waals surface area contributed by atoms with Crippen LogP contribution in [0.4, 0.5) is 5.13 Å². The molecule has 7 heteroatoms. The average Bonchev–Trinajstić information content (AvgIpc) is 3.24. The number of rotatable bonds is 8. The summed E-state index contributed by atoms with van der Waals surface area (Å²) in [7, 11) is 0. The molecule has 3 aromatic rings. The Labute approximate surface area is 187 Å². The summed E-state index contributed by atoms with van der Waals surface area (Å²) in [5, 5.41) is 7.14. The van der Waals surface area contributed by atoms with E-state index in [1.165, 1.54) is 11.3 Å². The van der Waals surface area contributed by atoms with Crippen LogP contribution in [0.1, 0.15) is 19.4 Å². The number of thiazole rings is 1. The fourth-order valence-corrected chi connectivity index (χ4v) is 4.36. The largest absolute Gasteiger partial charge is 0.492 e. The number of nitrogens with zero attached hydrogens (tertiary/aromatic N) is 3. The highest BCUT2D eigenvalue weighted by Gasteiger charge is 2.21. The van der Waals surface area contributed by atoms with E-state index in [9.17, 15) is 0 Å². The molecule has 0 aliphatic carbocycles. The summed E-state index contributed by atoms with van der Waals surface area (Å²) in [6, 6.07) is 18.1. The molecule has 1 N–H and O–H groups in total. The molecule has 1 fully saturated rings. The van der Waals surface area contributed by atoms with Crippen molar-refractivity contribution in [2.24, 2.45) is 5.10 Å². The first kappa shape index (κ1) is 21.5. The second-order valence-electron chi connectivity index (χ2n) is 7.68. The highest BCUT2D eigenvalue weighted by molar-refractivity contribution is 7.14. The first-order chi connectivity index (χ1) is 15.2. The van der Waals surface area contributed by atoms with Gasteiger partial charge in [-0.15, -0.1) is 11.3 Å². The molecule has 0 bridgehead atoms. The summed E-state index contributed by atoms with van der Waals surface area (Å²) in [5.74, 6) is 0.825. The topological polar surface area (TPSA) is 59.0 Å². The van der Waals surface area contributed by atoms with Gasteiger partial charge in [-0.3, -0.25) is 10.3 Å². The van der Waals surface area contributed by atoms with Gasteiger partial charge in [0.15, 0.2) is 0 Å². The molecule has 0 amide bonds. The van der Waals surface area contributed by atoms with Crippen LogP contribution in [0.5, 0.6) is 5.75 Å². The number of aromatic nitrogens is 1. The van der Waals surface area contributed by atoms with Crippen molar-refractivity contribution in [3.05, 3.63) is 65.5 Å². The van der Waals surface area contributed by atoms with Crippen LogP contribution in [-0.2, 0) is 4.74 Å². The van der Waals surface area contributed by atoms with Crippen LogP contribution in [-0.4, -0.2) is 54.5 Å². The van der Waals surface area contributed by atoms with Crippen molar-refractivity contribution in [2.75, 3.05) is 31.7 Å². The van der Waals surface area contributed by atoms with Crippen molar-refractivity contribution in [1.29, 1.82) is 0 Å². The van der Waals surface area contributed by atoms with E-state index in [2.05, 4.69) is 34.3 Å². The summed E-state index contributed by atoms with van der Waals surface area (Å²) in [4.78, 5) is 6.99. The van der Waals surface area contributed by atoms with Gasteiger partial charge in [-0.25, -0.2) is 4.98 Å². The molecule has 162 valence electrons. The van der Waals surface area contributed by atoms with Crippen molar-refractivity contribution < 1.29 is 9.47 Å². The van der Waals surface area contributed by atoms with E-state index in [1.807, 2.05) is 60.0 Å². The summed E-state index contributed by atoms with van der Waals surface area (Å²) in [6.45, 7) is 7.63. The third-order valence-electron chi connectivity index (χ3n) is 5.02. The van der Waals surface area contributed by atoms with Crippen LogP contribution in [0.25, 0.3) is 11.3 Å². The Bertz CT molecular complexity index is 982. The molecule has 6 nitrogen and oxygen atoms in total. The van der Waals surface area contributed by atoms with Crippen LogP contribution >= 0.6 is 11.3 Å². The maximum atomic E-state index is 6.06. The van der Waals surface area contributed by atoms with Gasteiger partial charge in [0.25, 0.3) is 0 Å². The minimum Gasteiger partial charge on any atom is -0.492 e. The Morgan fingerprint density at radius 3 is 2.68 bits per heavy atom. The van der Waals surface area contributed by atoms with E-state index in [0.717, 1.165) is 47.3 Å². The Kier molecular flexibility index (Phi) is 7.30. The summed E-state index contributed by atoms with van der Waals surface area (Å²) < 4.78 is 11.9. The van der Waals surface area contributed by atoms with Gasteiger partial charge in [-0.1, -0.05) is 42.5 Å². The molecule has 1 aromatic heterocycles. The predicted octanol–water partition coefficient (Wildman–Crippen LogP) is 4.74. The Balaban J connectivity index is 1.31. The van der Waals surface area contributed by atoms with E-state index >= 15 is 0 Å². The maximum absolute atomic E-state index is 6.06. The molecule has 4 rings (SSSR count). The van der Waals surface area contributed by atoms with Crippen molar-refractivity contribution in [1.82, 2.24) is 9.88 Å². The number of anilines is 1. The van der Waals surface area contributed by atoms with Gasteiger partial charge in [-0.05, 0) is 26.0 Å². The fourth-order valence-electron chi connectivity index (χ4n) is 3.69. The predicted molar refractivity (Wildman–Crippen MR) is 127 cm³/mol. The zero-order valence-electron chi connectivity index (χ0n) is 17.9. The van der Waals surface area contributed by atoms with Crippen molar-refractivity contribution in [3.8, 4) is 17.0 Å². The first-order valence-electron chi connectivity index (χ1n) is 10.6. The number of morpholine rings is 1. The number of benzene rings is 2. The van der Waals surface area contributed by atoms with E-state index in [1.54, 1.807) is 6.21 Å². The van der Waals surface area contributed by atoms with Crippen LogP contribution in [0, 0.1) is 0 Å². The molecule has 0 radical (unpaired) electrons. The Morgan fingerprint density at radius 2 is 1.87 bits per heavy atom. The Hall–Kier alpha value is -2.74. The number of hydrogen-bond donors (Lipinski definition) is 1. The SMILES string of the molecule is CC1CN(CCOc2ccccc2C=NNc2nc(-c3ccccc3)cs2)CC(C)O1.